The van der Waals surface area contributed by atoms with Gasteiger partial charge in [-0.3, -0.25) is 10.7 Å². The molecule has 0 amide bonds. The van der Waals surface area contributed by atoms with Gasteiger partial charge in [-0.2, -0.15) is 0 Å². The highest BCUT2D eigenvalue weighted by Gasteiger charge is 2.00. The van der Waals surface area contributed by atoms with Crippen LogP contribution in [0.5, 0.6) is 0 Å². The molecule has 11 heavy (non-hydrogen) atoms. The molecular weight excluding hydrogens is 160 g/mol. The number of rotatable bonds is 1. The summed E-state index contributed by atoms with van der Waals surface area (Å²) in [5, 5.41) is 11.7. The Morgan fingerprint density at radius 1 is 1.45 bits per heavy atom. The molecule has 56 valence electrons. The van der Waals surface area contributed by atoms with Crippen LogP contribution < -0.4 is 5.48 Å². The number of hydrogen-bond acceptors (Lipinski definition) is 4. The average molecular weight is 166 g/mol. The molecule has 0 spiro atoms. The van der Waals surface area contributed by atoms with Crippen molar-refractivity contribution >= 4 is 27.2 Å². The number of nitrogens with zero attached hydrogens (tertiary/aromatic N) is 1. The summed E-state index contributed by atoms with van der Waals surface area (Å²) in [4.78, 5) is 3.95. The van der Waals surface area contributed by atoms with Gasteiger partial charge in [0.05, 0.1) is 4.70 Å². The molecule has 2 N–H and O–H groups in total. The van der Waals surface area contributed by atoms with Crippen molar-refractivity contribution in [2.24, 2.45) is 0 Å². The van der Waals surface area contributed by atoms with Crippen LogP contribution in [0.4, 0.5) is 5.82 Å². The molecule has 0 unspecified atom stereocenters. The first-order valence-corrected chi connectivity index (χ1v) is 4.02. The predicted octanol–water partition coefficient (Wildman–Crippen LogP) is 2.10. The molecule has 2 aromatic rings. The van der Waals surface area contributed by atoms with E-state index < -0.39 is 0 Å². The fraction of sp³-hybridized carbons (Fsp3) is 0. The SMILES string of the molecule is ONc1nccc2ccsc12. The summed E-state index contributed by atoms with van der Waals surface area (Å²) in [5.74, 6) is 0.525. The second kappa shape index (κ2) is 2.48. The lowest BCUT2D eigenvalue weighted by Crippen LogP contribution is -1.91. The van der Waals surface area contributed by atoms with Crippen LogP contribution >= 0.6 is 11.3 Å². The third-order valence-corrected chi connectivity index (χ3v) is 2.41. The number of nitrogens with one attached hydrogen (secondary N) is 1. The molecule has 0 fully saturated rings. The van der Waals surface area contributed by atoms with Crippen LogP contribution in [0.15, 0.2) is 23.7 Å². The van der Waals surface area contributed by atoms with Crippen LogP contribution in [-0.2, 0) is 0 Å². The molecule has 3 nitrogen and oxygen atoms in total. The Morgan fingerprint density at radius 3 is 3.18 bits per heavy atom. The minimum atomic E-state index is 0.525. The first kappa shape index (κ1) is 6.57. The molecule has 0 aliphatic rings. The fourth-order valence-corrected chi connectivity index (χ4v) is 1.81. The van der Waals surface area contributed by atoms with E-state index in [-0.39, 0.29) is 0 Å². The summed E-state index contributed by atoms with van der Waals surface area (Å²) >= 11 is 1.55. The van der Waals surface area contributed by atoms with Gasteiger partial charge in [-0.05, 0) is 22.9 Å². The molecule has 2 heterocycles. The van der Waals surface area contributed by atoms with Gasteiger partial charge >= 0.3 is 0 Å². The van der Waals surface area contributed by atoms with Crippen molar-refractivity contribution in [1.29, 1.82) is 0 Å². The highest BCUT2D eigenvalue weighted by molar-refractivity contribution is 7.17. The van der Waals surface area contributed by atoms with Gasteiger partial charge in [0.15, 0.2) is 5.82 Å². The van der Waals surface area contributed by atoms with Gasteiger partial charge in [-0.1, -0.05) is 0 Å². The summed E-state index contributed by atoms with van der Waals surface area (Å²) in [5.41, 5.74) is 2.06. The Balaban J connectivity index is 2.79. The monoisotopic (exact) mass is 166 g/mol. The van der Waals surface area contributed by atoms with Crippen LogP contribution in [-0.4, -0.2) is 10.2 Å². The number of hydrogen-bond donors (Lipinski definition) is 2. The van der Waals surface area contributed by atoms with Gasteiger partial charge < -0.3 is 0 Å². The Kier molecular flexibility index (Phi) is 1.48. The lowest BCUT2D eigenvalue weighted by molar-refractivity contribution is 0.387. The fourth-order valence-electron chi connectivity index (χ4n) is 0.973. The molecule has 0 atom stereocenters. The molecular formula is C7H6N2OS. The first-order chi connectivity index (χ1) is 5.42. The third-order valence-electron chi connectivity index (χ3n) is 1.47. The third kappa shape index (κ3) is 0.961. The quantitative estimate of drug-likeness (QED) is 0.637. The summed E-state index contributed by atoms with van der Waals surface area (Å²) in [6, 6.07) is 3.90. The number of fused-ring (bicyclic) bond motifs is 1. The zero-order valence-electron chi connectivity index (χ0n) is 5.61. The van der Waals surface area contributed by atoms with Gasteiger partial charge in [-0.25, -0.2) is 4.98 Å². The van der Waals surface area contributed by atoms with Crippen molar-refractivity contribution in [3.8, 4) is 0 Å². The number of thiophene rings is 1. The zero-order valence-corrected chi connectivity index (χ0v) is 6.43. The minimum absolute atomic E-state index is 0.525. The molecule has 0 radical (unpaired) electrons. The maximum atomic E-state index is 8.65. The van der Waals surface area contributed by atoms with E-state index in [0.29, 0.717) is 5.82 Å². The molecule has 2 rings (SSSR count). The van der Waals surface area contributed by atoms with E-state index in [2.05, 4.69) is 10.5 Å². The summed E-state index contributed by atoms with van der Waals surface area (Å²) in [6.45, 7) is 0. The molecule has 0 aliphatic carbocycles. The van der Waals surface area contributed by atoms with Crippen LogP contribution in [0.25, 0.3) is 10.1 Å². The van der Waals surface area contributed by atoms with Crippen LogP contribution in [0.2, 0.25) is 0 Å². The van der Waals surface area contributed by atoms with Crippen molar-refractivity contribution < 1.29 is 5.21 Å². The second-order valence-corrected chi connectivity index (χ2v) is 3.03. The smallest absolute Gasteiger partial charge is 0.167 e. The van der Waals surface area contributed by atoms with E-state index >= 15 is 0 Å². The topological polar surface area (TPSA) is 45.1 Å². The highest BCUT2D eigenvalue weighted by atomic mass is 32.1. The highest BCUT2D eigenvalue weighted by Crippen LogP contribution is 2.25. The molecule has 0 saturated heterocycles. The van der Waals surface area contributed by atoms with Gasteiger partial charge in [0.2, 0.25) is 0 Å². The van der Waals surface area contributed by atoms with Crippen molar-refractivity contribution in [2.75, 3.05) is 5.48 Å². The van der Waals surface area contributed by atoms with Crippen LogP contribution in [0.1, 0.15) is 0 Å². The van der Waals surface area contributed by atoms with Crippen molar-refractivity contribution in [3.63, 3.8) is 0 Å². The zero-order chi connectivity index (χ0) is 7.68. The largest absolute Gasteiger partial charge is 0.290 e. The minimum Gasteiger partial charge on any atom is -0.290 e. The summed E-state index contributed by atoms with van der Waals surface area (Å²) in [6.07, 6.45) is 1.66. The number of anilines is 1. The summed E-state index contributed by atoms with van der Waals surface area (Å²) in [7, 11) is 0. The Morgan fingerprint density at radius 2 is 2.36 bits per heavy atom. The standard InChI is InChI=1S/C7H6N2OS/c10-9-7-6-5(1-3-8-7)2-4-11-6/h1-4,10H,(H,8,9). The first-order valence-electron chi connectivity index (χ1n) is 3.14. The van der Waals surface area contributed by atoms with Crippen LogP contribution in [0.3, 0.4) is 0 Å². The second-order valence-electron chi connectivity index (χ2n) is 2.11. The number of pyridine rings is 1. The van der Waals surface area contributed by atoms with Gasteiger partial charge in [0.1, 0.15) is 0 Å². The van der Waals surface area contributed by atoms with E-state index in [9.17, 15) is 0 Å². The lowest BCUT2D eigenvalue weighted by Gasteiger charge is -1.96. The molecule has 2 aromatic heterocycles. The van der Waals surface area contributed by atoms with Crippen LogP contribution in [0, 0.1) is 0 Å². The Bertz CT molecular complexity index is 371. The lowest BCUT2D eigenvalue weighted by atomic mass is 10.3. The normalized spacial score (nSPS) is 10.3. The predicted molar refractivity (Wildman–Crippen MR) is 45.0 cm³/mol. The Labute approximate surface area is 67.3 Å². The van der Waals surface area contributed by atoms with E-state index in [0.717, 1.165) is 10.1 Å². The maximum absolute atomic E-state index is 8.65. The van der Waals surface area contributed by atoms with E-state index in [1.165, 1.54) is 0 Å². The molecule has 0 saturated carbocycles. The van der Waals surface area contributed by atoms with Crippen molar-refractivity contribution in [3.05, 3.63) is 23.7 Å². The number of aromatic nitrogens is 1. The Hall–Kier alpha value is -1.13. The summed E-state index contributed by atoms with van der Waals surface area (Å²) < 4.78 is 0.981. The van der Waals surface area contributed by atoms with Gasteiger partial charge in [0, 0.05) is 6.20 Å². The molecule has 4 heteroatoms. The average Bonchev–Trinajstić information content (AvgIpc) is 2.50. The van der Waals surface area contributed by atoms with Gasteiger partial charge in [-0.15, -0.1) is 11.3 Å². The molecule has 0 aromatic carbocycles. The molecule has 0 bridgehead atoms. The van der Waals surface area contributed by atoms with Crippen molar-refractivity contribution in [1.82, 2.24) is 4.98 Å². The maximum Gasteiger partial charge on any atom is 0.167 e. The van der Waals surface area contributed by atoms with E-state index in [4.69, 9.17) is 5.21 Å². The van der Waals surface area contributed by atoms with Gasteiger partial charge in [0.25, 0.3) is 0 Å². The van der Waals surface area contributed by atoms with E-state index in [1.54, 1.807) is 17.5 Å². The molecule has 0 aliphatic heterocycles. The van der Waals surface area contributed by atoms with Crippen molar-refractivity contribution in [2.45, 2.75) is 0 Å². The van der Waals surface area contributed by atoms with E-state index in [1.807, 2.05) is 17.5 Å².